The molecule has 2 rings (SSSR count). The summed E-state index contributed by atoms with van der Waals surface area (Å²) < 4.78 is 0. The summed E-state index contributed by atoms with van der Waals surface area (Å²) in [5.41, 5.74) is 0.136. The first-order valence-electron chi connectivity index (χ1n) is 6.92. The lowest BCUT2D eigenvalue weighted by atomic mass is 9.83. The monoisotopic (exact) mass is 296 g/mol. The third-order valence-electron chi connectivity index (χ3n) is 3.81. The first kappa shape index (κ1) is 14.8. The van der Waals surface area contributed by atoms with Crippen molar-refractivity contribution in [3.05, 3.63) is 17.0 Å². The number of hydrogen-bond acceptors (Lipinski definition) is 3. The highest BCUT2D eigenvalue weighted by molar-refractivity contribution is 7.14. The zero-order chi connectivity index (χ0) is 14.5. The van der Waals surface area contributed by atoms with E-state index in [1.807, 2.05) is 0 Å². The third kappa shape index (κ3) is 3.96. The maximum Gasteiger partial charge on any atom is 0.338 e. The van der Waals surface area contributed by atoms with Crippen LogP contribution in [0.3, 0.4) is 0 Å². The first-order chi connectivity index (χ1) is 9.56. The summed E-state index contributed by atoms with van der Waals surface area (Å²) in [5.74, 6) is 0.311. The highest BCUT2D eigenvalue weighted by atomic mass is 32.1. The van der Waals surface area contributed by atoms with Crippen molar-refractivity contribution in [1.82, 2.24) is 5.32 Å². The third-order valence-corrected chi connectivity index (χ3v) is 4.64. The second-order valence-corrected chi connectivity index (χ2v) is 6.35. The molecular weight excluding hydrogens is 276 g/mol. The summed E-state index contributed by atoms with van der Waals surface area (Å²) in [7, 11) is 0. The van der Waals surface area contributed by atoms with E-state index >= 15 is 0 Å². The van der Waals surface area contributed by atoms with Gasteiger partial charge in [-0.05, 0) is 36.1 Å². The number of thiophene rings is 1. The standard InChI is InChI=1S/C14H20N2O3S/c1-9-2-4-10(5-3-9)8-15-14(19)16-12-11(13(17)18)6-7-20-12/h6-7,9-10H,2-5,8H2,1H3,(H,17,18)(H2,15,16,19). The molecule has 1 aliphatic rings. The van der Waals surface area contributed by atoms with Gasteiger partial charge in [0.05, 0.1) is 5.56 Å². The predicted molar refractivity (Wildman–Crippen MR) is 79.4 cm³/mol. The van der Waals surface area contributed by atoms with Crippen LogP contribution in [0.25, 0.3) is 0 Å². The van der Waals surface area contributed by atoms with Gasteiger partial charge in [0.2, 0.25) is 0 Å². The lowest BCUT2D eigenvalue weighted by Gasteiger charge is -2.26. The highest BCUT2D eigenvalue weighted by Gasteiger charge is 2.19. The van der Waals surface area contributed by atoms with Crippen LogP contribution in [0.1, 0.15) is 43.0 Å². The van der Waals surface area contributed by atoms with E-state index in [2.05, 4.69) is 17.6 Å². The fourth-order valence-electron chi connectivity index (χ4n) is 2.49. The van der Waals surface area contributed by atoms with E-state index in [4.69, 9.17) is 5.11 Å². The number of anilines is 1. The van der Waals surface area contributed by atoms with Crippen LogP contribution in [0.2, 0.25) is 0 Å². The summed E-state index contributed by atoms with van der Waals surface area (Å²) in [6.45, 7) is 2.92. The summed E-state index contributed by atoms with van der Waals surface area (Å²) >= 11 is 1.22. The lowest BCUT2D eigenvalue weighted by molar-refractivity contribution is 0.0698. The molecule has 20 heavy (non-hydrogen) atoms. The summed E-state index contributed by atoms with van der Waals surface area (Å²) in [6, 6.07) is 1.17. The SMILES string of the molecule is CC1CCC(CNC(=O)Nc2sccc2C(=O)O)CC1. The Morgan fingerprint density at radius 3 is 2.70 bits per heavy atom. The zero-order valence-electron chi connectivity index (χ0n) is 11.5. The van der Waals surface area contributed by atoms with E-state index < -0.39 is 5.97 Å². The average Bonchev–Trinajstić information content (AvgIpc) is 2.86. The first-order valence-corrected chi connectivity index (χ1v) is 7.80. The van der Waals surface area contributed by atoms with Gasteiger partial charge in [-0.2, -0.15) is 0 Å². The van der Waals surface area contributed by atoms with Gasteiger partial charge in [0.15, 0.2) is 0 Å². The van der Waals surface area contributed by atoms with E-state index in [1.165, 1.54) is 30.2 Å². The van der Waals surface area contributed by atoms with E-state index in [0.29, 0.717) is 17.5 Å². The molecule has 0 radical (unpaired) electrons. The molecule has 3 N–H and O–H groups in total. The van der Waals surface area contributed by atoms with Crippen molar-refractivity contribution in [1.29, 1.82) is 0 Å². The molecule has 0 aromatic carbocycles. The molecule has 1 aliphatic carbocycles. The molecule has 0 aliphatic heterocycles. The topological polar surface area (TPSA) is 78.4 Å². The van der Waals surface area contributed by atoms with E-state index in [0.717, 1.165) is 18.8 Å². The predicted octanol–water partition coefficient (Wildman–Crippen LogP) is 3.39. The molecule has 0 saturated heterocycles. The Balaban J connectivity index is 1.78. The molecule has 1 fully saturated rings. The normalized spacial score (nSPS) is 22.2. The molecule has 110 valence electrons. The van der Waals surface area contributed by atoms with E-state index in [1.54, 1.807) is 5.38 Å². The molecule has 6 heteroatoms. The number of hydrogen-bond donors (Lipinski definition) is 3. The Morgan fingerprint density at radius 2 is 2.05 bits per heavy atom. The van der Waals surface area contributed by atoms with Crippen molar-refractivity contribution in [3.63, 3.8) is 0 Å². The van der Waals surface area contributed by atoms with Crippen molar-refractivity contribution < 1.29 is 14.7 Å². The highest BCUT2D eigenvalue weighted by Crippen LogP contribution is 2.27. The van der Waals surface area contributed by atoms with Crippen LogP contribution >= 0.6 is 11.3 Å². The van der Waals surface area contributed by atoms with Crippen LogP contribution in [-0.4, -0.2) is 23.7 Å². The van der Waals surface area contributed by atoms with E-state index in [-0.39, 0.29) is 11.6 Å². The number of carboxylic acid groups (broad SMARTS) is 1. The number of amides is 2. The smallest absolute Gasteiger partial charge is 0.338 e. The number of carboxylic acids is 1. The largest absolute Gasteiger partial charge is 0.478 e. The average molecular weight is 296 g/mol. The van der Waals surface area contributed by atoms with Gasteiger partial charge in [-0.3, -0.25) is 5.32 Å². The summed E-state index contributed by atoms with van der Waals surface area (Å²) in [4.78, 5) is 22.7. The van der Waals surface area contributed by atoms with Gasteiger partial charge in [-0.15, -0.1) is 11.3 Å². The van der Waals surface area contributed by atoms with Crippen LogP contribution in [-0.2, 0) is 0 Å². The molecule has 1 heterocycles. The number of aromatic carboxylic acids is 1. The molecule has 2 amide bonds. The van der Waals surface area contributed by atoms with Gasteiger partial charge >= 0.3 is 12.0 Å². The number of carbonyl (C=O) groups excluding carboxylic acids is 1. The van der Waals surface area contributed by atoms with Gasteiger partial charge in [0, 0.05) is 6.54 Å². The minimum atomic E-state index is -1.03. The Hall–Kier alpha value is -1.56. The van der Waals surface area contributed by atoms with Gasteiger partial charge in [-0.1, -0.05) is 19.8 Å². The van der Waals surface area contributed by atoms with E-state index in [9.17, 15) is 9.59 Å². The van der Waals surface area contributed by atoms with Crippen LogP contribution < -0.4 is 10.6 Å². The summed E-state index contributed by atoms with van der Waals surface area (Å²) in [6.07, 6.45) is 4.76. The number of rotatable bonds is 4. The Kier molecular flexibility index (Phi) is 5.00. The van der Waals surface area contributed by atoms with Crippen molar-refractivity contribution in [2.45, 2.75) is 32.6 Å². The second-order valence-electron chi connectivity index (χ2n) is 5.43. The minimum Gasteiger partial charge on any atom is -0.478 e. The Bertz CT molecular complexity index is 479. The van der Waals surface area contributed by atoms with Crippen molar-refractivity contribution in [2.75, 3.05) is 11.9 Å². The zero-order valence-corrected chi connectivity index (χ0v) is 12.3. The Morgan fingerprint density at radius 1 is 1.35 bits per heavy atom. The van der Waals surface area contributed by atoms with Crippen LogP contribution in [0.15, 0.2) is 11.4 Å². The summed E-state index contributed by atoms with van der Waals surface area (Å²) in [5, 5.41) is 16.4. The fraction of sp³-hybridized carbons (Fsp3) is 0.571. The Labute approximate surface area is 122 Å². The lowest BCUT2D eigenvalue weighted by Crippen LogP contribution is -2.34. The quantitative estimate of drug-likeness (QED) is 0.797. The minimum absolute atomic E-state index is 0.136. The van der Waals surface area contributed by atoms with Crippen molar-refractivity contribution in [2.24, 2.45) is 11.8 Å². The maximum atomic E-state index is 11.8. The second kappa shape index (κ2) is 6.74. The molecule has 0 bridgehead atoms. The maximum absolute atomic E-state index is 11.8. The molecule has 1 aromatic rings. The van der Waals surface area contributed by atoms with Crippen LogP contribution in [0.4, 0.5) is 9.80 Å². The van der Waals surface area contributed by atoms with Gasteiger partial charge in [0.25, 0.3) is 0 Å². The number of nitrogens with one attached hydrogen (secondary N) is 2. The number of carbonyl (C=O) groups is 2. The molecule has 0 atom stereocenters. The molecule has 1 aromatic heterocycles. The number of urea groups is 1. The van der Waals surface area contributed by atoms with Gasteiger partial charge in [-0.25, -0.2) is 9.59 Å². The molecule has 0 unspecified atom stereocenters. The molecule has 5 nitrogen and oxygen atoms in total. The van der Waals surface area contributed by atoms with Crippen LogP contribution in [0.5, 0.6) is 0 Å². The van der Waals surface area contributed by atoms with Gasteiger partial charge in [0.1, 0.15) is 5.00 Å². The fourth-order valence-corrected chi connectivity index (χ4v) is 3.27. The van der Waals surface area contributed by atoms with Gasteiger partial charge < -0.3 is 10.4 Å². The molecule has 0 spiro atoms. The van der Waals surface area contributed by atoms with Crippen molar-refractivity contribution >= 4 is 28.3 Å². The van der Waals surface area contributed by atoms with Crippen LogP contribution in [0, 0.1) is 11.8 Å². The molecular formula is C14H20N2O3S. The van der Waals surface area contributed by atoms with Crippen molar-refractivity contribution in [3.8, 4) is 0 Å². The molecule has 1 saturated carbocycles.